The first-order chi connectivity index (χ1) is 9.58. The lowest BCUT2D eigenvalue weighted by atomic mass is 9.96. The fourth-order valence-corrected chi connectivity index (χ4v) is 2.09. The number of benzene rings is 2. The second kappa shape index (κ2) is 6.24. The smallest absolute Gasteiger partial charge is 0.314 e. The molecule has 3 heteroatoms. The third kappa shape index (κ3) is 3.38. The van der Waals surface area contributed by atoms with Crippen molar-refractivity contribution in [2.45, 2.75) is 19.8 Å². The normalized spacial score (nSPS) is 11.9. The summed E-state index contributed by atoms with van der Waals surface area (Å²) in [5.41, 5.74) is 2.91. The van der Waals surface area contributed by atoms with E-state index in [9.17, 15) is 9.90 Å². The van der Waals surface area contributed by atoms with Gasteiger partial charge >= 0.3 is 5.97 Å². The Labute approximate surface area is 118 Å². The topological polar surface area (TPSA) is 46.5 Å². The number of hydrogen-bond donors (Lipinski definition) is 1. The van der Waals surface area contributed by atoms with E-state index in [0.29, 0.717) is 5.75 Å². The Balaban J connectivity index is 2.13. The fraction of sp³-hybridized carbons (Fsp3) is 0.235. The maximum absolute atomic E-state index is 11.4. The molecular weight excluding hydrogens is 252 g/mol. The van der Waals surface area contributed by atoms with E-state index in [1.807, 2.05) is 62.4 Å². The van der Waals surface area contributed by atoms with Gasteiger partial charge in [0.2, 0.25) is 0 Å². The fourth-order valence-electron chi connectivity index (χ4n) is 2.09. The Hall–Kier alpha value is -2.29. The van der Waals surface area contributed by atoms with E-state index in [4.69, 9.17) is 4.74 Å². The van der Waals surface area contributed by atoms with Gasteiger partial charge in [0.05, 0.1) is 0 Å². The second-order valence-electron chi connectivity index (χ2n) is 4.87. The van der Waals surface area contributed by atoms with Crippen molar-refractivity contribution in [2.75, 3.05) is 6.61 Å². The highest BCUT2D eigenvalue weighted by Crippen LogP contribution is 2.22. The molecule has 2 aromatic rings. The Morgan fingerprint density at radius 1 is 1.10 bits per heavy atom. The number of rotatable bonds is 5. The molecule has 0 aliphatic heterocycles. The van der Waals surface area contributed by atoms with Crippen LogP contribution in [0.5, 0.6) is 5.75 Å². The first-order valence-corrected chi connectivity index (χ1v) is 6.55. The molecule has 1 atom stereocenters. The minimum atomic E-state index is -0.869. The van der Waals surface area contributed by atoms with Crippen molar-refractivity contribution < 1.29 is 14.6 Å². The van der Waals surface area contributed by atoms with Gasteiger partial charge in [0.1, 0.15) is 18.3 Å². The molecule has 0 fully saturated rings. The van der Waals surface area contributed by atoms with Crippen LogP contribution in [-0.2, 0) is 4.79 Å². The van der Waals surface area contributed by atoms with Gasteiger partial charge in [-0.05, 0) is 37.1 Å². The van der Waals surface area contributed by atoms with Crippen LogP contribution >= 0.6 is 0 Å². The predicted octanol–water partition coefficient (Wildman–Crippen LogP) is 3.55. The number of ether oxygens (including phenoxy) is 1. The van der Waals surface area contributed by atoms with Gasteiger partial charge in [0, 0.05) is 0 Å². The third-order valence-electron chi connectivity index (χ3n) is 3.30. The van der Waals surface area contributed by atoms with Crippen LogP contribution in [0, 0.1) is 13.8 Å². The van der Waals surface area contributed by atoms with Crippen molar-refractivity contribution in [1.29, 1.82) is 0 Å². The molecule has 3 nitrogen and oxygen atoms in total. The number of aliphatic carboxylic acids is 1. The molecule has 2 aromatic carbocycles. The molecule has 0 aliphatic rings. The van der Waals surface area contributed by atoms with Gasteiger partial charge in [-0.25, -0.2) is 0 Å². The monoisotopic (exact) mass is 270 g/mol. The number of carboxylic acids is 1. The lowest BCUT2D eigenvalue weighted by Crippen LogP contribution is -2.20. The average molecular weight is 270 g/mol. The summed E-state index contributed by atoms with van der Waals surface area (Å²) >= 11 is 0. The molecule has 2 rings (SSSR count). The number of carboxylic acid groups (broad SMARTS) is 1. The Morgan fingerprint density at radius 2 is 1.75 bits per heavy atom. The predicted molar refractivity (Wildman–Crippen MR) is 78.2 cm³/mol. The highest BCUT2D eigenvalue weighted by molar-refractivity contribution is 5.76. The molecule has 0 radical (unpaired) electrons. The van der Waals surface area contributed by atoms with Crippen molar-refractivity contribution in [3.05, 3.63) is 65.2 Å². The lowest BCUT2D eigenvalue weighted by molar-refractivity contribution is -0.139. The largest absolute Gasteiger partial charge is 0.492 e. The molecule has 1 N–H and O–H groups in total. The van der Waals surface area contributed by atoms with Crippen LogP contribution in [0.3, 0.4) is 0 Å². The molecule has 0 saturated carbocycles. The van der Waals surface area contributed by atoms with E-state index in [1.165, 1.54) is 0 Å². The quantitative estimate of drug-likeness (QED) is 0.903. The van der Waals surface area contributed by atoms with Crippen molar-refractivity contribution >= 4 is 5.97 Å². The van der Waals surface area contributed by atoms with E-state index >= 15 is 0 Å². The zero-order chi connectivity index (χ0) is 14.5. The van der Waals surface area contributed by atoms with Gasteiger partial charge in [-0.2, -0.15) is 0 Å². The van der Waals surface area contributed by atoms with E-state index in [1.54, 1.807) is 0 Å². The molecule has 0 saturated heterocycles. The van der Waals surface area contributed by atoms with Crippen LogP contribution < -0.4 is 4.74 Å². The van der Waals surface area contributed by atoms with E-state index < -0.39 is 11.9 Å². The Morgan fingerprint density at radius 3 is 2.35 bits per heavy atom. The highest BCUT2D eigenvalue weighted by Gasteiger charge is 2.22. The summed E-state index contributed by atoms with van der Waals surface area (Å²) < 4.78 is 5.61. The standard InChI is InChI=1S/C17H18O3/c1-12-7-9-14(10-8-12)20-11-16(17(18)19)15-6-4-3-5-13(15)2/h3-10,16H,11H2,1-2H3,(H,18,19). The SMILES string of the molecule is Cc1ccc(OCC(C(=O)O)c2ccccc2C)cc1. The molecule has 0 amide bonds. The molecule has 0 heterocycles. The van der Waals surface area contributed by atoms with Gasteiger partial charge in [0.15, 0.2) is 0 Å². The van der Waals surface area contributed by atoms with Crippen LogP contribution in [-0.4, -0.2) is 17.7 Å². The zero-order valence-corrected chi connectivity index (χ0v) is 11.7. The number of carbonyl (C=O) groups is 1. The summed E-state index contributed by atoms with van der Waals surface area (Å²) in [6.45, 7) is 4.04. The van der Waals surface area contributed by atoms with Gasteiger partial charge in [-0.1, -0.05) is 42.0 Å². The third-order valence-corrected chi connectivity index (χ3v) is 3.30. The molecule has 0 aliphatic carbocycles. The average Bonchev–Trinajstić information content (AvgIpc) is 2.42. The Kier molecular flexibility index (Phi) is 4.41. The van der Waals surface area contributed by atoms with Gasteiger partial charge in [-0.3, -0.25) is 4.79 Å². The second-order valence-corrected chi connectivity index (χ2v) is 4.87. The van der Waals surface area contributed by atoms with Crippen molar-refractivity contribution in [1.82, 2.24) is 0 Å². The van der Waals surface area contributed by atoms with Crippen LogP contribution in [0.15, 0.2) is 48.5 Å². The lowest BCUT2D eigenvalue weighted by Gasteiger charge is -2.16. The van der Waals surface area contributed by atoms with Crippen molar-refractivity contribution in [3.63, 3.8) is 0 Å². The van der Waals surface area contributed by atoms with E-state index in [-0.39, 0.29) is 6.61 Å². The van der Waals surface area contributed by atoms with Gasteiger partial charge < -0.3 is 9.84 Å². The summed E-state index contributed by atoms with van der Waals surface area (Å²) in [6.07, 6.45) is 0. The molecule has 0 aromatic heterocycles. The Bertz CT molecular complexity index is 587. The van der Waals surface area contributed by atoms with E-state index in [2.05, 4.69) is 0 Å². The molecule has 0 bridgehead atoms. The summed E-state index contributed by atoms with van der Waals surface area (Å²) in [4.78, 5) is 11.4. The molecule has 104 valence electrons. The number of aryl methyl sites for hydroxylation is 2. The van der Waals surface area contributed by atoms with Gasteiger partial charge in [0.25, 0.3) is 0 Å². The van der Waals surface area contributed by atoms with Crippen LogP contribution in [0.1, 0.15) is 22.6 Å². The summed E-state index contributed by atoms with van der Waals surface area (Å²) in [7, 11) is 0. The molecule has 20 heavy (non-hydrogen) atoms. The minimum Gasteiger partial charge on any atom is -0.492 e. The van der Waals surface area contributed by atoms with Crippen LogP contribution in [0.4, 0.5) is 0 Å². The first kappa shape index (κ1) is 14.1. The van der Waals surface area contributed by atoms with Crippen molar-refractivity contribution in [3.8, 4) is 5.75 Å². The van der Waals surface area contributed by atoms with Crippen LogP contribution in [0.2, 0.25) is 0 Å². The van der Waals surface area contributed by atoms with Crippen LogP contribution in [0.25, 0.3) is 0 Å². The molecule has 0 spiro atoms. The highest BCUT2D eigenvalue weighted by atomic mass is 16.5. The van der Waals surface area contributed by atoms with Gasteiger partial charge in [-0.15, -0.1) is 0 Å². The zero-order valence-electron chi connectivity index (χ0n) is 11.7. The summed E-state index contributed by atoms with van der Waals surface area (Å²) in [6, 6.07) is 15.1. The summed E-state index contributed by atoms with van der Waals surface area (Å²) in [5.74, 6) is -0.834. The molecule has 1 unspecified atom stereocenters. The maximum atomic E-state index is 11.4. The first-order valence-electron chi connectivity index (χ1n) is 6.55. The summed E-state index contributed by atoms with van der Waals surface area (Å²) in [5, 5.41) is 9.39. The minimum absolute atomic E-state index is 0.128. The number of hydrogen-bond acceptors (Lipinski definition) is 2. The molecular formula is C17H18O3. The van der Waals surface area contributed by atoms with Crippen molar-refractivity contribution in [2.24, 2.45) is 0 Å². The van der Waals surface area contributed by atoms with E-state index in [0.717, 1.165) is 16.7 Å². The maximum Gasteiger partial charge on any atom is 0.314 e.